The molecule has 0 spiro atoms. The highest BCUT2D eigenvalue weighted by Gasteiger charge is 1.98. The van der Waals surface area contributed by atoms with E-state index in [0.717, 1.165) is 18.6 Å². The Bertz CT molecular complexity index is 303. The molecule has 0 bridgehead atoms. The van der Waals surface area contributed by atoms with Crippen LogP contribution in [0.15, 0.2) is 48.1 Å². The number of aryl methyl sites for hydroxylation is 1. The molecular formula is C12H15NO. The summed E-state index contributed by atoms with van der Waals surface area (Å²) < 4.78 is 0. The third kappa shape index (κ3) is 3.44. The second-order valence-electron chi connectivity index (χ2n) is 3.14. The van der Waals surface area contributed by atoms with Gasteiger partial charge < -0.3 is 5.21 Å². The van der Waals surface area contributed by atoms with E-state index in [9.17, 15) is 0 Å². The summed E-state index contributed by atoms with van der Waals surface area (Å²) in [6.07, 6.45) is 4.10. The summed E-state index contributed by atoms with van der Waals surface area (Å²) in [7, 11) is 0. The highest BCUT2D eigenvalue weighted by Crippen LogP contribution is 2.05. The molecule has 0 saturated carbocycles. The van der Waals surface area contributed by atoms with Crippen molar-refractivity contribution in [3.8, 4) is 0 Å². The summed E-state index contributed by atoms with van der Waals surface area (Å²) in [6, 6.07) is 10.2. The lowest BCUT2D eigenvalue weighted by Gasteiger charge is -2.01. The Morgan fingerprint density at radius 1 is 1.36 bits per heavy atom. The molecule has 0 unspecified atom stereocenters. The minimum atomic E-state index is 0.656. The van der Waals surface area contributed by atoms with Crippen molar-refractivity contribution in [1.29, 1.82) is 0 Å². The summed E-state index contributed by atoms with van der Waals surface area (Å²) >= 11 is 0. The summed E-state index contributed by atoms with van der Waals surface area (Å²) in [6.45, 7) is 3.61. The van der Waals surface area contributed by atoms with E-state index in [4.69, 9.17) is 5.21 Å². The first kappa shape index (κ1) is 10.5. The quantitative estimate of drug-likeness (QED) is 0.328. The van der Waals surface area contributed by atoms with Crippen LogP contribution < -0.4 is 0 Å². The molecule has 0 fully saturated rings. The lowest BCUT2D eigenvalue weighted by Crippen LogP contribution is -1.99. The summed E-state index contributed by atoms with van der Waals surface area (Å²) in [4.78, 5) is 0. The third-order valence-corrected chi connectivity index (χ3v) is 2.07. The number of allylic oxidation sites excluding steroid dienone is 1. The molecule has 0 heterocycles. The minimum Gasteiger partial charge on any atom is -0.411 e. The van der Waals surface area contributed by atoms with Crippen LogP contribution >= 0.6 is 0 Å². The van der Waals surface area contributed by atoms with Gasteiger partial charge in [-0.3, -0.25) is 0 Å². The van der Waals surface area contributed by atoms with E-state index in [2.05, 4.69) is 23.9 Å². The van der Waals surface area contributed by atoms with Crippen LogP contribution in [0.4, 0.5) is 0 Å². The topological polar surface area (TPSA) is 32.6 Å². The fourth-order valence-corrected chi connectivity index (χ4v) is 1.29. The van der Waals surface area contributed by atoms with Gasteiger partial charge in [-0.05, 0) is 18.4 Å². The van der Waals surface area contributed by atoms with Crippen molar-refractivity contribution in [1.82, 2.24) is 0 Å². The zero-order valence-electron chi connectivity index (χ0n) is 8.19. The van der Waals surface area contributed by atoms with Crippen LogP contribution in [0.3, 0.4) is 0 Å². The molecule has 2 heteroatoms. The van der Waals surface area contributed by atoms with Crippen LogP contribution in [-0.2, 0) is 6.42 Å². The Balaban J connectivity index is 2.44. The fourth-order valence-electron chi connectivity index (χ4n) is 1.29. The predicted octanol–water partition coefficient (Wildman–Crippen LogP) is 3.03. The van der Waals surface area contributed by atoms with Crippen LogP contribution in [0.5, 0.6) is 0 Å². The largest absolute Gasteiger partial charge is 0.411 e. The fraction of sp³-hybridized carbons (Fsp3) is 0.250. The Morgan fingerprint density at radius 3 is 2.64 bits per heavy atom. The first-order valence-corrected chi connectivity index (χ1v) is 4.71. The Morgan fingerprint density at radius 2 is 2.07 bits per heavy atom. The molecule has 1 aromatic carbocycles. The number of benzene rings is 1. The van der Waals surface area contributed by atoms with Crippen molar-refractivity contribution in [3.63, 3.8) is 0 Å². The second-order valence-corrected chi connectivity index (χ2v) is 3.14. The molecule has 0 radical (unpaired) electrons. The molecule has 0 aliphatic heterocycles. The SMILES string of the molecule is C=CC/C(CCc1ccccc1)=N/O. The van der Waals surface area contributed by atoms with E-state index >= 15 is 0 Å². The standard InChI is InChI=1S/C12H15NO/c1-2-6-12(13-14)10-9-11-7-4-3-5-8-11/h2-5,7-8,14H,1,6,9-10H2/b13-12-. The Kier molecular flexibility index (Phi) is 4.48. The van der Waals surface area contributed by atoms with E-state index in [1.807, 2.05) is 18.2 Å². The van der Waals surface area contributed by atoms with Gasteiger partial charge in [-0.2, -0.15) is 0 Å². The van der Waals surface area contributed by atoms with Gasteiger partial charge in [-0.15, -0.1) is 6.58 Å². The van der Waals surface area contributed by atoms with Crippen molar-refractivity contribution in [2.24, 2.45) is 5.16 Å². The Hall–Kier alpha value is -1.57. The predicted molar refractivity (Wildman–Crippen MR) is 58.8 cm³/mol. The number of oxime groups is 1. The molecule has 0 saturated heterocycles. The van der Waals surface area contributed by atoms with Gasteiger partial charge in [-0.1, -0.05) is 41.6 Å². The summed E-state index contributed by atoms with van der Waals surface area (Å²) in [5.74, 6) is 0. The summed E-state index contributed by atoms with van der Waals surface area (Å²) in [5.41, 5.74) is 2.04. The number of hydrogen-bond donors (Lipinski definition) is 1. The van der Waals surface area contributed by atoms with Gasteiger partial charge in [-0.25, -0.2) is 0 Å². The third-order valence-electron chi connectivity index (χ3n) is 2.07. The molecule has 0 aromatic heterocycles. The van der Waals surface area contributed by atoms with Gasteiger partial charge in [0.05, 0.1) is 5.71 Å². The average Bonchev–Trinajstić information content (AvgIpc) is 2.25. The molecule has 0 amide bonds. The highest BCUT2D eigenvalue weighted by molar-refractivity contribution is 5.85. The van der Waals surface area contributed by atoms with E-state index in [0.29, 0.717) is 6.42 Å². The van der Waals surface area contributed by atoms with Crippen molar-refractivity contribution in [2.75, 3.05) is 0 Å². The molecular weight excluding hydrogens is 174 g/mol. The van der Waals surface area contributed by atoms with Crippen molar-refractivity contribution in [2.45, 2.75) is 19.3 Å². The van der Waals surface area contributed by atoms with Crippen LogP contribution in [0, 0.1) is 0 Å². The van der Waals surface area contributed by atoms with Gasteiger partial charge >= 0.3 is 0 Å². The van der Waals surface area contributed by atoms with Crippen molar-refractivity contribution < 1.29 is 5.21 Å². The van der Waals surface area contributed by atoms with E-state index in [1.165, 1.54) is 5.56 Å². The lowest BCUT2D eigenvalue weighted by atomic mass is 10.1. The van der Waals surface area contributed by atoms with Gasteiger partial charge in [0, 0.05) is 6.42 Å². The number of nitrogens with zero attached hydrogens (tertiary/aromatic N) is 1. The molecule has 0 aliphatic rings. The summed E-state index contributed by atoms with van der Waals surface area (Å²) in [5, 5.41) is 11.9. The molecule has 0 atom stereocenters. The zero-order valence-corrected chi connectivity index (χ0v) is 8.19. The van der Waals surface area contributed by atoms with E-state index in [1.54, 1.807) is 6.08 Å². The van der Waals surface area contributed by atoms with Gasteiger partial charge in [0.25, 0.3) is 0 Å². The zero-order chi connectivity index (χ0) is 10.2. The van der Waals surface area contributed by atoms with E-state index < -0.39 is 0 Å². The monoisotopic (exact) mass is 189 g/mol. The molecule has 1 aromatic rings. The van der Waals surface area contributed by atoms with Crippen molar-refractivity contribution in [3.05, 3.63) is 48.6 Å². The molecule has 1 rings (SSSR count). The second kappa shape index (κ2) is 5.97. The smallest absolute Gasteiger partial charge is 0.0611 e. The maximum absolute atomic E-state index is 8.68. The number of hydrogen-bond acceptors (Lipinski definition) is 2. The average molecular weight is 189 g/mol. The molecule has 14 heavy (non-hydrogen) atoms. The first-order chi connectivity index (χ1) is 6.86. The van der Waals surface area contributed by atoms with Crippen LogP contribution in [-0.4, -0.2) is 10.9 Å². The maximum Gasteiger partial charge on any atom is 0.0611 e. The molecule has 2 nitrogen and oxygen atoms in total. The number of rotatable bonds is 5. The molecule has 1 N–H and O–H groups in total. The van der Waals surface area contributed by atoms with Crippen molar-refractivity contribution >= 4 is 5.71 Å². The minimum absolute atomic E-state index is 0.656. The van der Waals surface area contributed by atoms with E-state index in [-0.39, 0.29) is 0 Å². The Labute approximate surface area is 84.6 Å². The molecule has 74 valence electrons. The first-order valence-electron chi connectivity index (χ1n) is 4.71. The molecule has 0 aliphatic carbocycles. The maximum atomic E-state index is 8.68. The normalized spacial score (nSPS) is 11.3. The van der Waals surface area contributed by atoms with Crippen LogP contribution in [0.2, 0.25) is 0 Å². The lowest BCUT2D eigenvalue weighted by molar-refractivity contribution is 0.316. The van der Waals surface area contributed by atoms with Crippen LogP contribution in [0.25, 0.3) is 0 Å². The van der Waals surface area contributed by atoms with Crippen LogP contribution in [0.1, 0.15) is 18.4 Å². The highest BCUT2D eigenvalue weighted by atomic mass is 16.4. The van der Waals surface area contributed by atoms with Gasteiger partial charge in [0.15, 0.2) is 0 Å². The van der Waals surface area contributed by atoms with Gasteiger partial charge in [0.1, 0.15) is 0 Å². The van der Waals surface area contributed by atoms with Gasteiger partial charge in [0.2, 0.25) is 0 Å².